The summed E-state index contributed by atoms with van der Waals surface area (Å²) in [5, 5.41) is 17.9. The molecule has 162 valence electrons. The number of nitrogens with zero attached hydrogens (tertiary/aromatic N) is 4. The number of anilines is 1. The molecule has 1 amide bonds. The summed E-state index contributed by atoms with van der Waals surface area (Å²) < 4.78 is 1.35. The minimum absolute atomic E-state index is 0.0155. The van der Waals surface area contributed by atoms with Crippen molar-refractivity contribution in [2.45, 2.75) is 32.2 Å². The largest absolute Gasteiger partial charge is 0.493 e. The number of rotatable bonds is 6. The van der Waals surface area contributed by atoms with Crippen LogP contribution >= 0.6 is 0 Å². The van der Waals surface area contributed by atoms with Crippen LogP contribution in [0, 0.1) is 6.92 Å². The first kappa shape index (κ1) is 20.9. The number of nitrogen functional groups attached to an aromatic ring is 1. The fraction of sp³-hybridized carbons (Fsp3) is 0.348. The van der Waals surface area contributed by atoms with Crippen LogP contribution in [-0.4, -0.2) is 56.9 Å². The molecule has 4 rings (SSSR count). The first-order chi connectivity index (χ1) is 14.9. The van der Waals surface area contributed by atoms with Gasteiger partial charge in [0.05, 0.1) is 17.3 Å². The molecule has 0 bridgehead atoms. The van der Waals surface area contributed by atoms with E-state index in [-0.39, 0.29) is 11.8 Å². The summed E-state index contributed by atoms with van der Waals surface area (Å²) in [4.78, 5) is 19.1. The molecule has 4 N–H and O–H groups in total. The zero-order chi connectivity index (χ0) is 22.0. The summed E-state index contributed by atoms with van der Waals surface area (Å²) in [7, 11) is 2.13. The van der Waals surface area contributed by atoms with Gasteiger partial charge in [0.1, 0.15) is 0 Å². The maximum atomic E-state index is 12.4. The molecule has 1 aliphatic heterocycles. The number of carbonyl (C=O) groups excluding carboxylic acids is 1. The van der Waals surface area contributed by atoms with Crippen molar-refractivity contribution in [2.75, 3.05) is 25.9 Å². The second-order valence-corrected chi connectivity index (χ2v) is 8.09. The van der Waals surface area contributed by atoms with Crippen molar-refractivity contribution >= 4 is 11.6 Å². The molecule has 1 fully saturated rings. The number of nitrogens with one attached hydrogen (secondary N) is 1. The summed E-state index contributed by atoms with van der Waals surface area (Å²) in [5.41, 5.74) is 9.35. The van der Waals surface area contributed by atoms with Crippen LogP contribution in [0.5, 0.6) is 5.88 Å². The highest BCUT2D eigenvalue weighted by Gasteiger charge is 2.20. The Labute approximate surface area is 181 Å². The number of aromatic hydroxyl groups is 1. The van der Waals surface area contributed by atoms with Crippen molar-refractivity contribution in [2.24, 2.45) is 0 Å². The van der Waals surface area contributed by atoms with Crippen LogP contribution in [0.4, 0.5) is 5.69 Å². The van der Waals surface area contributed by atoms with Crippen LogP contribution in [0.3, 0.4) is 0 Å². The topological polar surface area (TPSA) is 109 Å². The van der Waals surface area contributed by atoms with E-state index in [0.29, 0.717) is 35.2 Å². The predicted octanol–water partition coefficient (Wildman–Crippen LogP) is 2.74. The Morgan fingerprint density at radius 2 is 2.10 bits per heavy atom. The Kier molecular flexibility index (Phi) is 5.90. The number of likely N-dealkylation sites (tertiary alicyclic amines) is 1. The molecule has 3 heterocycles. The average Bonchev–Trinajstić information content (AvgIpc) is 3.34. The maximum Gasteiger partial charge on any atom is 0.252 e. The second-order valence-electron chi connectivity index (χ2n) is 8.09. The van der Waals surface area contributed by atoms with Crippen LogP contribution in [0.25, 0.3) is 16.9 Å². The zero-order valence-electron chi connectivity index (χ0n) is 17.9. The van der Waals surface area contributed by atoms with Gasteiger partial charge in [-0.25, -0.2) is 4.98 Å². The van der Waals surface area contributed by atoms with Gasteiger partial charge in [-0.3, -0.25) is 4.79 Å². The molecule has 0 radical (unpaired) electrons. The maximum absolute atomic E-state index is 12.4. The lowest BCUT2D eigenvalue weighted by molar-refractivity contribution is 0.0950. The van der Waals surface area contributed by atoms with Crippen LogP contribution in [-0.2, 0) is 0 Å². The van der Waals surface area contributed by atoms with E-state index in [4.69, 9.17) is 5.73 Å². The lowest BCUT2D eigenvalue weighted by Crippen LogP contribution is -2.31. The van der Waals surface area contributed by atoms with Gasteiger partial charge in [-0.05, 0) is 75.2 Å². The summed E-state index contributed by atoms with van der Waals surface area (Å²) >= 11 is 0. The molecular formula is C23H28N6O2. The molecule has 8 heteroatoms. The van der Waals surface area contributed by atoms with Gasteiger partial charge in [0.2, 0.25) is 5.88 Å². The van der Waals surface area contributed by atoms with Crippen molar-refractivity contribution in [1.29, 1.82) is 0 Å². The van der Waals surface area contributed by atoms with Gasteiger partial charge in [-0.1, -0.05) is 6.07 Å². The van der Waals surface area contributed by atoms with E-state index in [1.165, 1.54) is 23.7 Å². The molecule has 1 aromatic carbocycles. The van der Waals surface area contributed by atoms with Crippen LogP contribution < -0.4 is 11.1 Å². The molecule has 0 aliphatic carbocycles. The molecule has 31 heavy (non-hydrogen) atoms. The highest BCUT2D eigenvalue weighted by molar-refractivity contribution is 5.93. The van der Waals surface area contributed by atoms with Gasteiger partial charge in [-0.15, -0.1) is 0 Å². The first-order valence-electron chi connectivity index (χ1n) is 10.5. The van der Waals surface area contributed by atoms with E-state index in [2.05, 4.69) is 27.3 Å². The van der Waals surface area contributed by atoms with Crippen molar-refractivity contribution in [3.63, 3.8) is 0 Å². The molecule has 1 aliphatic rings. The highest BCUT2D eigenvalue weighted by Crippen LogP contribution is 2.33. The SMILES string of the molecule is Cc1cc(N)ccc1-c1cnn(-c2ccc(C(=O)NCCC3CCCN3C)cn2)c1O. The normalized spacial score (nSPS) is 16.5. The van der Waals surface area contributed by atoms with Gasteiger partial charge in [0.15, 0.2) is 5.82 Å². The van der Waals surface area contributed by atoms with Crippen molar-refractivity contribution in [3.05, 3.63) is 53.9 Å². The summed E-state index contributed by atoms with van der Waals surface area (Å²) in [6.07, 6.45) is 6.45. The number of amides is 1. The van der Waals surface area contributed by atoms with Gasteiger partial charge in [-0.2, -0.15) is 9.78 Å². The van der Waals surface area contributed by atoms with Crippen molar-refractivity contribution in [1.82, 2.24) is 25.0 Å². The predicted molar refractivity (Wildman–Crippen MR) is 120 cm³/mol. The molecule has 1 unspecified atom stereocenters. The number of pyridine rings is 1. The summed E-state index contributed by atoms with van der Waals surface area (Å²) in [6, 6.07) is 9.40. The van der Waals surface area contributed by atoms with E-state index >= 15 is 0 Å². The fourth-order valence-corrected chi connectivity index (χ4v) is 4.13. The number of nitrogens with two attached hydrogens (primary N) is 1. The minimum atomic E-state index is -0.150. The standard InChI is InChI=1S/C23H28N6O2/c1-15-12-17(24)6-7-19(15)20-14-27-29(23(20)31)21-8-5-16(13-26-21)22(30)25-10-9-18-4-3-11-28(18)2/h5-8,12-14,18,31H,3-4,9-11,24H2,1-2H3,(H,25,30). The van der Waals surface area contributed by atoms with Crippen LogP contribution in [0.1, 0.15) is 35.2 Å². The smallest absolute Gasteiger partial charge is 0.252 e. The Morgan fingerprint density at radius 1 is 1.26 bits per heavy atom. The van der Waals surface area contributed by atoms with Crippen LogP contribution in [0.15, 0.2) is 42.7 Å². The van der Waals surface area contributed by atoms with E-state index in [1.807, 2.05) is 19.1 Å². The molecule has 2 aromatic heterocycles. The number of aromatic nitrogens is 3. The molecule has 1 atom stereocenters. The quantitative estimate of drug-likeness (QED) is 0.529. The van der Waals surface area contributed by atoms with Gasteiger partial charge in [0.25, 0.3) is 5.91 Å². The van der Waals surface area contributed by atoms with Crippen molar-refractivity contribution in [3.8, 4) is 22.8 Å². The second kappa shape index (κ2) is 8.77. The monoisotopic (exact) mass is 420 g/mol. The van der Waals surface area contributed by atoms with E-state index in [9.17, 15) is 9.90 Å². The molecule has 1 saturated heterocycles. The van der Waals surface area contributed by atoms with E-state index in [1.54, 1.807) is 24.4 Å². The molecule has 8 nitrogen and oxygen atoms in total. The highest BCUT2D eigenvalue weighted by atomic mass is 16.3. The third-order valence-corrected chi connectivity index (χ3v) is 5.95. The third-order valence-electron chi connectivity index (χ3n) is 5.95. The number of benzene rings is 1. The fourth-order valence-electron chi connectivity index (χ4n) is 4.13. The number of hydrogen-bond acceptors (Lipinski definition) is 6. The number of carbonyl (C=O) groups is 1. The number of aryl methyl sites for hydroxylation is 1. The Bertz CT molecular complexity index is 1080. The molecular weight excluding hydrogens is 392 g/mol. The van der Waals surface area contributed by atoms with Gasteiger partial charge >= 0.3 is 0 Å². The van der Waals surface area contributed by atoms with Crippen LogP contribution in [0.2, 0.25) is 0 Å². The first-order valence-corrected chi connectivity index (χ1v) is 10.5. The van der Waals surface area contributed by atoms with Gasteiger partial charge < -0.3 is 21.1 Å². The summed E-state index contributed by atoms with van der Waals surface area (Å²) in [5.74, 6) is 0.266. The third kappa shape index (κ3) is 4.39. The molecule has 3 aromatic rings. The lowest BCUT2D eigenvalue weighted by atomic mass is 10.0. The lowest BCUT2D eigenvalue weighted by Gasteiger charge is -2.19. The Hall–Kier alpha value is -3.39. The van der Waals surface area contributed by atoms with Gasteiger partial charge in [0, 0.05) is 24.5 Å². The molecule has 0 saturated carbocycles. The Morgan fingerprint density at radius 3 is 2.77 bits per heavy atom. The van der Waals surface area contributed by atoms with E-state index < -0.39 is 0 Å². The number of hydrogen-bond donors (Lipinski definition) is 3. The minimum Gasteiger partial charge on any atom is -0.493 e. The molecule has 0 spiro atoms. The Balaban J connectivity index is 1.43. The van der Waals surface area contributed by atoms with E-state index in [0.717, 1.165) is 24.1 Å². The van der Waals surface area contributed by atoms with Crippen molar-refractivity contribution < 1.29 is 9.90 Å². The summed E-state index contributed by atoms with van der Waals surface area (Å²) in [6.45, 7) is 3.70. The zero-order valence-corrected chi connectivity index (χ0v) is 17.9. The average molecular weight is 421 g/mol.